The van der Waals surface area contributed by atoms with Crippen LogP contribution in [0.5, 0.6) is 0 Å². The third-order valence-corrected chi connectivity index (χ3v) is 13.1. The predicted octanol–water partition coefficient (Wildman–Crippen LogP) is -10.7. The number of anilines is 5. The topological polar surface area (TPSA) is 660 Å². The number of rotatable bonds is 27. The van der Waals surface area contributed by atoms with Gasteiger partial charge in [-0.15, -0.1) is 0 Å². The molecule has 25 N–H and O–H groups in total. The zero-order valence-electron chi connectivity index (χ0n) is 45.9. The van der Waals surface area contributed by atoms with Gasteiger partial charge in [-0.1, -0.05) is 0 Å². The molecule has 42 nitrogen and oxygen atoms in total. The van der Waals surface area contributed by atoms with Crippen molar-refractivity contribution < 1.29 is 33.6 Å². The number of carbonyl (C=O) groups is 7. The van der Waals surface area contributed by atoms with Crippen LogP contribution >= 0.6 is 0 Å². The largest absolute Gasteiger partial charge is 0.383 e. The van der Waals surface area contributed by atoms with Crippen LogP contribution in [0, 0.1) is 0 Å². The third kappa shape index (κ3) is 14.9. The number of imidazole rings is 3. The lowest BCUT2D eigenvalue weighted by atomic mass is 10.1. The molecule has 8 aromatic rings. The van der Waals surface area contributed by atoms with Crippen molar-refractivity contribution in [1.82, 2.24) is 110 Å². The van der Waals surface area contributed by atoms with E-state index >= 15 is 0 Å². The van der Waals surface area contributed by atoms with Gasteiger partial charge in [-0.3, -0.25) is 72.0 Å². The van der Waals surface area contributed by atoms with Crippen molar-refractivity contribution >= 4 is 104 Å². The van der Waals surface area contributed by atoms with E-state index in [2.05, 4.69) is 86.7 Å². The molecule has 6 atom stereocenters. The van der Waals surface area contributed by atoms with Crippen molar-refractivity contribution in [3.63, 3.8) is 0 Å². The molecular weight excluding hydrogens is 1160 g/mol. The minimum absolute atomic E-state index is 0.0193. The molecule has 8 aromatic heterocycles. The molecule has 0 bridgehead atoms. The number of nitrogen functional groups attached to an aromatic ring is 5. The summed E-state index contributed by atoms with van der Waals surface area (Å²) in [7, 11) is 0. The molecule has 0 spiro atoms. The summed E-state index contributed by atoms with van der Waals surface area (Å²) >= 11 is 0. The maximum absolute atomic E-state index is 14.8. The second-order valence-corrected chi connectivity index (χ2v) is 19.5. The zero-order valence-corrected chi connectivity index (χ0v) is 45.9. The second-order valence-electron chi connectivity index (χ2n) is 19.5. The Morgan fingerprint density at radius 2 is 0.852 bits per heavy atom. The number of amides is 7. The average molecular weight is 1220 g/mol. The molecule has 0 radical (unpaired) electrons. The first-order valence-corrected chi connectivity index (χ1v) is 26.2. The summed E-state index contributed by atoms with van der Waals surface area (Å²) in [5.74, 6) is -9.08. The van der Waals surface area contributed by atoms with Crippen LogP contribution in [0.1, 0.15) is 19.3 Å². The van der Waals surface area contributed by atoms with E-state index in [1.807, 2.05) is 0 Å². The summed E-state index contributed by atoms with van der Waals surface area (Å²) in [4.78, 5) is 201. The highest BCUT2D eigenvalue weighted by Crippen LogP contribution is 2.12. The molecule has 88 heavy (non-hydrogen) atoms. The number of fused-ring (bicyclic) bond motifs is 3. The first kappa shape index (κ1) is 62.1. The Morgan fingerprint density at radius 1 is 0.477 bits per heavy atom. The minimum Gasteiger partial charge on any atom is -0.383 e. The molecule has 0 saturated heterocycles. The van der Waals surface area contributed by atoms with Gasteiger partial charge in [-0.2, -0.15) is 24.9 Å². The highest BCUT2D eigenvalue weighted by Gasteiger charge is 2.34. The Morgan fingerprint density at radius 3 is 1.26 bits per heavy atom. The van der Waals surface area contributed by atoms with E-state index in [1.165, 1.54) is 27.6 Å². The molecule has 0 aliphatic heterocycles. The molecular formula is C46H58N30O12. The van der Waals surface area contributed by atoms with Gasteiger partial charge < -0.3 is 91.5 Å². The average Bonchev–Trinajstić information content (AvgIpc) is 3.57. The molecule has 0 aliphatic rings. The van der Waals surface area contributed by atoms with Crippen LogP contribution in [-0.4, -0.2) is 168 Å². The van der Waals surface area contributed by atoms with Gasteiger partial charge in [0.1, 0.15) is 47.9 Å². The van der Waals surface area contributed by atoms with E-state index in [9.17, 15) is 57.5 Å². The monoisotopic (exact) mass is 1220 g/mol. The number of nitrogens with two attached hydrogens (primary N) is 8. The van der Waals surface area contributed by atoms with Crippen molar-refractivity contribution in [3.05, 3.63) is 95.5 Å². The number of aromatic nitrogens is 16. The van der Waals surface area contributed by atoms with Crippen molar-refractivity contribution in [1.29, 1.82) is 0 Å². The summed E-state index contributed by atoms with van der Waals surface area (Å²) in [6.07, 6.45) is 6.43. The molecule has 0 saturated carbocycles. The Hall–Kier alpha value is -12.0. The third-order valence-electron chi connectivity index (χ3n) is 13.1. The molecule has 464 valence electrons. The standard InChI is InChI=1S/C46H58N30O12/c47-6-2-1-3-19(30(51)78)60-37(82)22(11-72-7-4-24(49)64-45(72)87)63-38(83)23(12-73-8-5-25(50)65-46(73)88)62-36(81)21(14-76-17-58-29-33(76)68-44(54)71-41(29)86)59-26(77)9-55-35(80)20(13-75-16-57-28-32(75)67-43(53)70-40(28)85)61-34(79)18(48)10-74-15-56-27-31(74)66-42(52)69-39(27)84/h4-5,7-8,15-23H,1-3,6,9-14,47-48H2,(H2,51,78)(H,55,80)(H,59,77)(H,60,82)(H,61,79)(H,62,81)(H,63,83)(H2,49,64,87)(H2,50,65,88)(H3,52,66,69,84)(H3,53,67,70,85)(H3,54,68,71,86)/t18-,19-,20+,21+,22+,23-/m0/s1. The summed E-state index contributed by atoms with van der Waals surface area (Å²) < 4.78 is 5.32. The number of nitrogens with one attached hydrogen (secondary N) is 9. The van der Waals surface area contributed by atoms with Crippen LogP contribution in [-0.2, 0) is 66.3 Å². The Bertz CT molecular complexity index is 4310. The maximum Gasteiger partial charge on any atom is 0.349 e. The minimum atomic E-state index is -1.93. The van der Waals surface area contributed by atoms with E-state index in [1.54, 1.807) is 0 Å². The first-order valence-electron chi connectivity index (χ1n) is 26.2. The van der Waals surface area contributed by atoms with Crippen LogP contribution in [0.25, 0.3) is 33.5 Å². The van der Waals surface area contributed by atoms with E-state index in [4.69, 9.17) is 45.9 Å². The maximum atomic E-state index is 14.8. The lowest BCUT2D eigenvalue weighted by Gasteiger charge is -2.27. The smallest absolute Gasteiger partial charge is 0.349 e. The van der Waals surface area contributed by atoms with Gasteiger partial charge in [0.25, 0.3) is 16.7 Å². The van der Waals surface area contributed by atoms with Crippen LogP contribution in [0.15, 0.2) is 67.5 Å². The van der Waals surface area contributed by atoms with E-state index in [0.717, 1.165) is 38.7 Å². The van der Waals surface area contributed by atoms with Gasteiger partial charge in [0, 0.05) is 18.9 Å². The van der Waals surface area contributed by atoms with Gasteiger partial charge >= 0.3 is 11.4 Å². The predicted molar refractivity (Wildman–Crippen MR) is 306 cm³/mol. The second kappa shape index (κ2) is 26.7. The fraction of sp³-hybridized carbons (Fsp3) is 0.348. The first-order chi connectivity index (χ1) is 41.8. The molecule has 8 rings (SSSR count). The molecule has 0 aliphatic carbocycles. The van der Waals surface area contributed by atoms with Crippen molar-refractivity contribution in [2.45, 2.75) is 88.2 Å². The number of carbonyl (C=O) groups excluding carboxylic acids is 7. The van der Waals surface area contributed by atoms with Crippen molar-refractivity contribution in [2.75, 3.05) is 41.8 Å². The SMILES string of the molecule is NCCCC[C@H](NC(=O)[C@@H](Cn1ccc(N)nc1=O)NC(=O)[C@H](Cn1ccc(N)nc1=O)NC(=O)[C@@H](Cn1cnc2c(=O)[nH]c(N)nc21)NC(=O)CNC(=O)[C@@H](Cn1cnc2c(=O)[nH]c(N)nc21)NC(=O)[C@@H](N)Cn1cnc2c(=O)[nH]c(N)nc21)C(N)=O. The lowest BCUT2D eigenvalue weighted by Crippen LogP contribution is -2.61. The molecule has 8 heterocycles. The molecule has 7 amide bonds. The Balaban J connectivity index is 1.08. The quantitative estimate of drug-likeness (QED) is 0.0213. The van der Waals surface area contributed by atoms with Crippen molar-refractivity contribution in [3.8, 4) is 0 Å². The van der Waals surface area contributed by atoms with Crippen LogP contribution < -0.4 is 106 Å². The van der Waals surface area contributed by atoms with E-state index in [0.29, 0.717) is 12.8 Å². The van der Waals surface area contributed by atoms with Crippen LogP contribution in [0.4, 0.5) is 29.5 Å². The van der Waals surface area contributed by atoms with Crippen LogP contribution in [0.3, 0.4) is 0 Å². The lowest BCUT2D eigenvalue weighted by molar-refractivity contribution is -0.135. The van der Waals surface area contributed by atoms with E-state index in [-0.39, 0.29) is 82.5 Å². The summed E-state index contributed by atoms with van der Waals surface area (Å²) in [6, 6.07) is -7.67. The fourth-order valence-electron chi connectivity index (χ4n) is 8.74. The highest BCUT2D eigenvalue weighted by molar-refractivity contribution is 5.96. The number of H-pyrrole nitrogens is 3. The number of aromatic amines is 3. The summed E-state index contributed by atoms with van der Waals surface area (Å²) in [5.41, 5.74) is 41.1. The number of hydrogen-bond donors (Lipinski definition) is 17. The molecule has 0 unspecified atom stereocenters. The molecule has 0 fully saturated rings. The number of primary amides is 1. The summed E-state index contributed by atoms with van der Waals surface area (Å²) in [5, 5.41) is 14.6. The number of nitrogens with zero attached hydrogens (tertiary/aromatic N) is 13. The highest BCUT2D eigenvalue weighted by atomic mass is 16.2. The van der Waals surface area contributed by atoms with Gasteiger partial charge in [0.05, 0.1) is 51.7 Å². The number of hydrogen-bond acceptors (Lipinski definition) is 27. The van der Waals surface area contributed by atoms with Gasteiger partial charge in [-0.25, -0.2) is 24.5 Å². The van der Waals surface area contributed by atoms with Crippen molar-refractivity contribution in [2.24, 2.45) is 17.2 Å². The summed E-state index contributed by atoms with van der Waals surface area (Å²) in [6.45, 7) is -3.76. The molecule has 42 heteroatoms. The Labute approximate surface area is 489 Å². The zero-order chi connectivity index (χ0) is 63.7. The van der Waals surface area contributed by atoms with E-state index < -0.39 is 138 Å². The normalized spacial score (nSPS) is 13.4. The number of unbranched alkanes of at least 4 members (excludes halogenated alkanes) is 1. The Kier molecular flexibility index (Phi) is 18.9. The molecule has 0 aromatic carbocycles. The van der Waals surface area contributed by atoms with Gasteiger partial charge in [-0.05, 0) is 37.9 Å². The fourth-order valence-corrected chi connectivity index (χ4v) is 8.74. The van der Waals surface area contributed by atoms with Crippen LogP contribution in [0.2, 0.25) is 0 Å². The van der Waals surface area contributed by atoms with Gasteiger partial charge in [0.15, 0.2) is 33.5 Å². The van der Waals surface area contributed by atoms with Gasteiger partial charge in [0.2, 0.25) is 59.2 Å².